The number of pyridine rings is 1. The Morgan fingerprint density at radius 1 is 0.523 bits per heavy atom. The lowest BCUT2D eigenvalue weighted by Crippen LogP contribution is -2.08. The van der Waals surface area contributed by atoms with Crippen LogP contribution in [0.1, 0.15) is 16.7 Å². The zero-order chi connectivity index (χ0) is 30.2. The molecule has 0 radical (unpaired) electrons. The van der Waals surface area contributed by atoms with Crippen molar-refractivity contribution in [2.24, 2.45) is 0 Å². The van der Waals surface area contributed by atoms with E-state index in [1.54, 1.807) is 12.3 Å². The first-order valence-corrected chi connectivity index (χ1v) is 14.5. The first-order valence-electron chi connectivity index (χ1n) is 14.5. The molecule has 0 aliphatic heterocycles. The number of rotatable bonds is 3. The van der Waals surface area contributed by atoms with Gasteiger partial charge < -0.3 is 9.13 Å². The number of alkyl halides is 3. The Kier molecular flexibility index (Phi) is 5.72. The number of fused-ring (bicyclic) bond motifs is 6. The summed E-state index contributed by atoms with van der Waals surface area (Å²) in [5, 5.41) is 4.24. The number of para-hydroxylation sites is 2. The first kappa shape index (κ1) is 26.3. The van der Waals surface area contributed by atoms with Gasteiger partial charge >= 0.3 is 6.18 Å². The van der Waals surface area contributed by atoms with E-state index in [4.69, 9.17) is 4.98 Å². The maximum atomic E-state index is 14.3. The number of nitrogens with zero attached hydrogens (tertiary/aromatic N) is 3. The molecule has 0 atom stereocenters. The predicted molar refractivity (Wildman–Crippen MR) is 173 cm³/mol. The number of hydrogen-bond donors (Lipinski definition) is 0. The van der Waals surface area contributed by atoms with Crippen LogP contribution >= 0.6 is 0 Å². The third-order valence-electron chi connectivity index (χ3n) is 8.50. The zero-order valence-electron chi connectivity index (χ0n) is 24.0. The maximum Gasteiger partial charge on any atom is 0.416 e. The van der Waals surface area contributed by atoms with Gasteiger partial charge in [-0.1, -0.05) is 59.7 Å². The summed E-state index contributed by atoms with van der Waals surface area (Å²) >= 11 is 0. The molecule has 8 aromatic rings. The molecule has 0 N–H and O–H groups in total. The quantitative estimate of drug-likeness (QED) is 0.204. The average molecular weight is 582 g/mol. The topological polar surface area (TPSA) is 22.8 Å². The van der Waals surface area contributed by atoms with Crippen molar-refractivity contribution in [1.29, 1.82) is 0 Å². The van der Waals surface area contributed by atoms with Crippen molar-refractivity contribution in [2.45, 2.75) is 20.0 Å². The van der Waals surface area contributed by atoms with Crippen LogP contribution in [0.4, 0.5) is 13.2 Å². The van der Waals surface area contributed by atoms with Gasteiger partial charge in [0.1, 0.15) is 0 Å². The van der Waals surface area contributed by atoms with Gasteiger partial charge in [-0.2, -0.15) is 13.2 Å². The van der Waals surface area contributed by atoms with Gasteiger partial charge in [0.05, 0.1) is 44.7 Å². The van der Waals surface area contributed by atoms with Crippen LogP contribution in [0.5, 0.6) is 0 Å². The van der Waals surface area contributed by atoms with Gasteiger partial charge in [-0.25, -0.2) is 0 Å². The Balaban J connectivity index is 1.50. The summed E-state index contributed by atoms with van der Waals surface area (Å²) < 4.78 is 47.1. The highest BCUT2D eigenvalue weighted by atomic mass is 19.4. The molecule has 0 unspecified atom stereocenters. The summed E-state index contributed by atoms with van der Waals surface area (Å²) in [5.41, 5.74) is 7.49. The molecule has 3 nitrogen and oxygen atoms in total. The van der Waals surface area contributed by atoms with E-state index in [0.29, 0.717) is 22.6 Å². The normalized spacial score (nSPS) is 12.2. The Hall–Kier alpha value is -5.36. The highest BCUT2D eigenvalue weighted by Crippen LogP contribution is 2.42. The van der Waals surface area contributed by atoms with Gasteiger partial charge in [0, 0.05) is 33.3 Å². The summed E-state index contributed by atoms with van der Waals surface area (Å²) in [6.07, 6.45) is -2.87. The van der Waals surface area contributed by atoms with Crippen LogP contribution in [0, 0.1) is 13.8 Å². The standard InChI is InChI=1S/C38H26F3N3/c1-23-13-16-33-28(20-23)26-8-3-5-10-31(26)43(33)35-18-15-25(38(39,40)41)22-30(35)37-36(12-7-19-42-37)44-32-11-6-4-9-27(32)29-21-24(2)14-17-34(29)44/h3-22H,1-2H3. The maximum absolute atomic E-state index is 14.3. The minimum absolute atomic E-state index is 0.400. The minimum Gasteiger partial charge on any atom is -0.309 e. The fraction of sp³-hybridized carbons (Fsp3) is 0.0789. The third kappa shape index (κ3) is 3.94. The molecule has 8 rings (SSSR count). The van der Waals surface area contributed by atoms with Gasteiger partial charge in [-0.15, -0.1) is 0 Å². The van der Waals surface area contributed by atoms with E-state index in [9.17, 15) is 13.2 Å². The molecule has 44 heavy (non-hydrogen) atoms. The van der Waals surface area contributed by atoms with Crippen molar-refractivity contribution in [3.05, 3.63) is 138 Å². The largest absolute Gasteiger partial charge is 0.416 e. The highest BCUT2D eigenvalue weighted by Gasteiger charge is 2.32. The lowest BCUT2D eigenvalue weighted by molar-refractivity contribution is -0.137. The van der Waals surface area contributed by atoms with E-state index in [0.717, 1.165) is 54.7 Å². The van der Waals surface area contributed by atoms with Crippen LogP contribution < -0.4 is 0 Å². The van der Waals surface area contributed by atoms with E-state index < -0.39 is 11.7 Å². The molecule has 214 valence electrons. The Bertz CT molecular complexity index is 2410. The molecule has 0 amide bonds. The van der Waals surface area contributed by atoms with Crippen molar-refractivity contribution in [2.75, 3.05) is 0 Å². The van der Waals surface area contributed by atoms with E-state index in [1.807, 2.05) is 67.6 Å². The minimum atomic E-state index is -4.52. The lowest BCUT2D eigenvalue weighted by atomic mass is 10.0. The molecule has 0 bridgehead atoms. The number of aromatic nitrogens is 3. The second-order valence-electron chi connectivity index (χ2n) is 11.3. The van der Waals surface area contributed by atoms with Crippen molar-refractivity contribution in [3.63, 3.8) is 0 Å². The monoisotopic (exact) mass is 581 g/mol. The SMILES string of the molecule is Cc1ccc2c(c1)c1ccccc1n2-c1ccc(C(F)(F)F)cc1-c1ncccc1-n1c2ccccc2c2cc(C)ccc21. The average Bonchev–Trinajstić information content (AvgIpc) is 3.52. The fourth-order valence-electron chi connectivity index (χ4n) is 6.57. The second kappa shape index (κ2) is 9.58. The summed E-state index contributed by atoms with van der Waals surface area (Å²) in [6, 6.07) is 36.4. The summed E-state index contributed by atoms with van der Waals surface area (Å²) in [6.45, 7) is 4.10. The molecular weight excluding hydrogens is 555 g/mol. The van der Waals surface area contributed by atoms with E-state index in [2.05, 4.69) is 52.5 Å². The smallest absolute Gasteiger partial charge is 0.309 e. The Labute approximate surface area is 251 Å². The summed E-state index contributed by atoms with van der Waals surface area (Å²) in [7, 11) is 0. The number of benzene rings is 5. The fourth-order valence-corrected chi connectivity index (χ4v) is 6.57. The molecular formula is C38H26F3N3. The van der Waals surface area contributed by atoms with Crippen molar-refractivity contribution < 1.29 is 13.2 Å². The van der Waals surface area contributed by atoms with Crippen LogP contribution in [0.3, 0.4) is 0 Å². The van der Waals surface area contributed by atoms with E-state index in [1.165, 1.54) is 12.1 Å². The highest BCUT2D eigenvalue weighted by molar-refractivity contribution is 6.11. The van der Waals surface area contributed by atoms with Crippen molar-refractivity contribution >= 4 is 43.6 Å². The predicted octanol–water partition coefficient (Wildman–Crippen LogP) is 10.6. The number of hydrogen-bond acceptors (Lipinski definition) is 1. The van der Waals surface area contributed by atoms with Crippen LogP contribution in [-0.4, -0.2) is 14.1 Å². The number of halogens is 3. The van der Waals surface area contributed by atoms with Gasteiger partial charge in [-0.3, -0.25) is 4.98 Å². The number of aryl methyl sites for hydroxylation is 2. The van der Waals surface area contributed by atoms with Crippen LogP contribution in [0.15, 0.2) is 121 Å². The summed E-state index contributed by atoms with van der Waals surface area (Å²) in [5.74, 6) is 0. The third-order valence-corrected chi connectivity index (χ3v) is 8.50. The molecule has 0 aliphatic carbocycles. The van der Waals surface area contributed by atoms with E-state index in [-0.39, 0.29) is 0 Å². The van der Waals surface area contributed by atoms with Gasteiger partial charge in [0.2, 0.25) is 0 Å². The summed E-state index contributed by atoms with van der Waals surface area (Å²) in [4.78, 5) is 4.80. The lowest BCUT2D eigenvalue weighted by Gasteiger charge is -2.19. The molecule has 5 aromatic carbocycles. The molecule has 0 saturated heterocycles. The van der Waals surface area contributed by atoms with Crippen molar-refractivity contribution in [3.8, 4) is 22.6 Å². The van der Waals surface area contributed by atoms with Crippen LogP contribution in [0.25, 0.3) is 66.2 Å². The Morgan fingerprint density at radius 2 is 1.07 bits per heavy atom. The van der Waals surface area contributed by atoms with E-state index >= 15 is 0 Å². The molecule has 0 fully saturated rings. The molecule has 0 spiro atoms. The van der Waals surface area contributed by atoms with Crippen molar-refractivity contribution in [1.82, 2.24) is 14.1 Å². The molecule has 0 aliphatic rings. The van der Waals surface area contributed by atoms with Gasteiger partial charge in [-0.05, 0) is 80.6 Å². The van der Waals surface area contributed by atoms with Gasteiger partial charge in [0.25, 0.3) is 0 Å². The molecule has 6 heteroatoms. The first-order chi connectivity index (χ1) is 21.3. The van der Waals surface area contributed by atoms with Gasteiger partial charge in [0.15, 0.2) is 0 Å². The molecule has 3 aromatic heterocycles. The second-order valence-corrected chi connectivity index (χ2v) is 11.3. The van der Waals surface area contributed by atoms with Crippen LogP contribution in [0.2, 0.25) is 0 Å². The molecule has 0 saturated carbocycles. The van der Waals surface area contributed by atoms with Crippen LogP contribution in [-0.2, 0) is 6.18 Å². The molecule has 3 heterocycles. The Morgan fingerprint density at radius 3 is 1.66 bits per heavy atom. The zero-order valence-corrected chi connectivity index (χ0v) is 24.0.